The summed E-state index contributed by atoms with van der Waals surface area (Å²) in [5.41, 5.74) is 2.33. The normalized spacial score (nSPS) is 14.6. The molecule has 0 heterocycles. The Morgan fingerprint density at radius 1 is 1.00 bits per heavy atom. The third-order valence-corrected chi connectivity index (χ3v) is 3.76. The highest BCUT2D eigenvalue weighted by Crippen LogP contribution is 2.32. The van der Waals surface area contributed by atoms with E-state index in [1.54, 1.807) is 12.1 Å². The molecule has 0 amide bonds. The topological polar surface area (TPSA) is 12.0 Å². The molecule has 1 nitrogen and oxygen atoms in total. The Kier molecular flexibility index (Phi) is 3.72. The van der Waals surface area contributed by atoms with Crippen molar-refractivity contribution in [1.29, 1.82) is 0 Å². The molecule has 0 bridgehead atoms. The van der Waals surface area contributed by atoms with Crippen molar-refractivity contribution < 1.29 is 8.78 Å². The van der Waals surface area contributed by atoms with Gasteiger partial charge in [0.15, 0.2) is 0 Å². The van der Waals surface area contributed by atoms with Crippen LogP contribution in [-0.4, -0.2) is 6.04 Å². The van der Waals surface area contributed by atoms with Gasteiger partial charge < -0.3 is 5.32 Å². The summed E-state index contributed by atoms with van der Waals surface area (Å²) in [6, 6.07) is 9.38. The van der Waals surface area contributed by atoms with Crippen molar-refractivity contribution in [3.8, 4) is 11.1 Å². The van der Waals surface area contributed by atoms with Crippen LogP contribution in [-0.2, 0) is 6.54 Å². The molecule has 1 N–H and O–H groups in total. The highest BCUT2D eigenvalue weighted by atomic mass is 35.5. The van der Waals surface area contributed by atoms with E-state index >= 15 is 0 Å². The lowest BCUT2D eigenvalue weighted by Gasteiger charge is -2.12. The van der Waals surface area contributed by atoms with Gasteiger partial charge in [-0.1, -0.05) is 17.7 Å². The largest absolute Gasteiger partial charge is 0.310 e. The van der Waals surface area contributed by atoms with Gasteiger partial charge >= 0.3 is 0 Å². The van der Waals surface area contributed by atoms with Gasteiger partial charge in [0.25, 0.3) is 0 Å². The minimum atomic E-state index is -0.396. The molecule has 104 valence electrons. The average Bonchev–Trinajstić information content (AvgIpc) is 3.21. The Bertz CT molecular complexity index is 638. The third-order valence-electron chi connectivity index (χ3n) is 3.45. The summed E-state index contributed by atoms with van der Waals surface area (Å²) in [4.78, 5) is 0. The van der Waals surface area contributed by atoms with E-state index in [-0.39, 0.29) is 5.82 Å². The number of hydrogen-bond donors (Lipinski definition) is 1. The van der Waals surface area contributed by atoms with Crippen molar-refractivity contribution in [2.45, 2.75) is 25.4 Å². The highest BCUT2D eigenvalue weighted by Gasteiger charge is 2.21. The van der Waals surface area contributed by atoms with Gasteiger partial charge in [0.1, 0.15) is 11.6 Å². The zero-order valence-electron chi connectivity index (χ0n) is 10.8. The summed E-state index contributed by atoms with van der Waals surface area (Å²) in [6.07, 6.45) is 2.38. The summed E-state index contributed by atoms with van der Waals surface area (Å²) in [5, 5.41) is 3.69. The van der Waals surface area contributed by atoms with Gasteiger partial charge in [-0.25, -0.2) is 8.78 Å². The molecule has 3 rings (SSSR count). The van der Waals surface area contributed by atoms with Gasteiger partial charge in [-0.2, -0.15) is 0 Å². The Balaban J connectivity index is 1.98. The van der Waals surface area contributed by atoms with Crippen LogP contribution in [0.1, 0.15) is 18.4 Å². The van der Waals surface area contributed by atoms with Crippen molar-refractivity contribution in [2.24, 2.45) is 0 Å². The molecule has 0 aromatic heterocycles. The van der Waals surface area contributed by atoms with Crippen molar-refractivity contribution in [2.75, 3.05) is 0 Å². The summed E-state index contributed by atoms with van der Waals surface area (Å²) in [7, 11) is 0. The van der Waals surface area contributed by atoms with Gasteiger partial charge in [0.05, 0.1) is 5.02 Å². The van der Waals surface area contributed by atoms with Gasteiger partial charge in [-0.05, 0) is 54.3 Å². The standard InChI is InChI=1S/C16H14ClF2N/c17-16-8-12(19)3-6-14(16)15-7-11(18)2-1-10(15)9-20-13-4-5-13/h1-3,6-8,13,20H,4-5,9H2. The maximum atomic E-state index is 13.5. The predicted octanol–water partition coefficient (Wildman–Crippen LogP) is 4.54. The SMILES string of the molecule is Fc1ccc(-c2cc(F)ccc2CNC2CC2)c(Cl)c1. The lowest BCUT2D eigenvalue weighted by atomic mass is 9.99. The second-order valence-corrected chi connectivity index (χ2v) is 5.49. The number of halogens is 3. The molecular formula is C16H14ClF2N. The first-order valence-corrected chi connectivity index (χ1v) is 6.98. The maximum absolute atomic E-state index is 13.5. The molecule has 4 heteroatoms. The minimum absolute atomic E-state index is 0.295. The van der Waals surface area contributed by atoms with Crippen molar-refractivity contribution in [3.63, 3.8) is 0 Å². The van der Waals surface area contributed by atoms with Crippen LogP contribution in [0.3, 0.4) is 0 Å². The highest BCUT2D eigenvalue weighted by molar-refractivity contribution is 6.33. The molecule has 1 fully saturated rings. The zero-order valence-corrected chi connectivity index (χ0v) is 11.6. The molecule has 0 spiro atoms. The first kappa shape index (κ1) is 13.5. The monoisotopic (exact) mass is 293 g/mol. The van der Waals surface area contributed by atoms with Crippen LogP contribution < -0.4 is 5.32 Å². The van der Waals surface area contributed by atoms with Crippen LogP contribution in [0.2, 0.25) is 5.02 Å². The summed E-state index contributed by atoms with van der Waals surface area (Å²) < 4.78 is 26.7. The van der Waals surface area contributed by atoms with Gasteiger partial charge in [-0.3, -0.25) is 0 Å². The molecule has 20 heavy (non-hydrogen) atoms. The molecule has 2 aromatic carbocycles. The van der Waals surface area contributed by atoms with E-state index in [1.807, 2.05) is 0 Å². The van der Waals surface area contributed by atoms with Crippen LogP contribution in [0.15, 0.2) is 36.4 Å². The first-order chi connectivity index (χ1) is 9.63. The van der Waals surface area contributed by atoms with E-state index in [4.69, 9.17) is 11.6 Å². The molecule has 0 unspecified atom stereocenters. The van der Waals surface area contributed by atoms with Crippen molar-refractivity contribution in [1.82, 2.24) is 5.32 Å². The van der Waals surface area contributed by atoms with E-state index < -0.39 is 5.82 Å². The Hall–Kier alpha value is -1.45. The average molecular weight is 294 g/mol. The van der Waals surface area contributed by atoms with Gasteiger partial charge in [0, 0.05) is 18.2 Å². The second kappa shape index (κ2) is 5.51. The van der Waals surface area contributed by atoms with E-state index in [2.05, 4.69) is 5.32 Å². The summed E-state index contributed by atoms with van der Waals surface area (Å²) in [5.74, 6) is -0.719. The fourth-order valence-electron chi connectivity index (χ4n) is 2.20. The molecule has 1 saturated carbocycles. The fourth-order valence-corrected chi connectivity index (χ4v) is 2.47. The molecule has 0 aliphatic heterocycles. The first-order valence-electron chi connectivity index (χ1n) is 6.61. The predicted molar refractivity (Wildman–Crippen MR) is 76.7 cm³/mol. The molecule has 0 atom stereocenters. The van der Waals surface area contributed by atoms with Crippen LogP contribution >= 0.6 is 11.6 Å². The van der Waals surface area contributed by atoms with Crippen molar-refractivity contribution in [3.05, 3.63) is 58.6 Å². The van der Waals surface area contributed by atoms with Gasteiger partial charge in [-0.15, -0.1) is 0 Å². The Labute approximate surface area is 121 Å². The Morgan fingerprint density at radius 2 is 1.70 bits per heavy atom. The zero-order chi connectivity index (χ0) is 14.1. The van der Waals surface area contributed by atoms with E-state index in [1.165, 1.54) is 37.1 Å². The lowest BCUT2D eigenvalue weighted by molar-refractivity contribution is 0.625. The number of hydrogen-bond acceptors (Lipinski definition) is 1. The smallest absolute Gasteiger partial charge is 0.124 e. The molecule has 2 aromatic rings. The van der Waals surface area contributed by atoms with E-state index in [9.17, 15) is 8.78 Å². The maximum Gasteiger partial charge on any atom is 0.124 e. The third kappa shape index (κ3) is 3.00. The number of rotatable bonds is 4. The number of nitrogens with one attached hydrogen (secondary N) is 1. The van der Waals surface area contributed by atoms with Gasteiger partial charge in [0.2, 0.25) is 0 Å². The minimum Gasteiger partial charge on any atom is -0.310 e. The van der Waals surface area contributed by atoms with Crippen LogP contribution in [0, 0.1) is 11.6 Å². The summed E-state index contributed by atoms with van der Waals surface area (Å²) in [6.45, 7) is 0.661. The molecule has 0 radical (unpaired) electrons. The van der Waals surface area contributed by atoms with Crippen LogP contribution in [0.4, 0.5) is 8.78 Å². The lowest BCUT2D eigenvalue weighted by Crippen LogP contribution is -2.16. The van der Waals surface area contributed by atoms with E-state index in [0.29, 0.717) is 28.7 Å². The molecule has 0 saturated heterocycles. The Morgan fingerprint density at radius 3 is 2.40 bits per heavy atom. The molecule has 1 aliphatic carbocycles. The van der Waals surface area contributed by atoms with E-state index in [0.717, 1.165) is 5.56 Å². The summed E-state index contributed by atoms with van der Waals surface area (Å²) >= 11 is 6.08. The second-order valence-electron chi connectivity index (χ2n) is 5.08. The fraction of sp³-hybridized carbons (Fsp3) is 0.250. The van der Waals surface area contributed by atoms with Crippen LogP contribution in [0.5, 0.6) is 0 Å². The quantitative estimate of drug-likeness (QED) is 0.873. The number of benzene rings is 2. The van der Waals surface area contributed by atoms with Crippen LogP contribution in [0.25, 0.3) is 11.1 Å². The molecular weight excluding hydrogens is 280 g/mol. The molecule has 1 aliphatic rings. The van der Waals surface area contributed by atoms with Crippen molar-refractivity contribution >= 4 is 11.6 Å².